The van der Waals surface area contributed by atoms with E-state index < -0.39 is 0 Å². The van der Waals surface area contributed by atoms with Gasteiger partial charge in [0.15, 0.2) is 5.69 Å². The first-order valence-corrected chi connectivity index (χ1v) is 8.67. The van der Waals surface area contributed by atoms with Crippen LogP contribution in [0.2, 0.25) is 5.02 Å². The number of hydrogen-bond donors (Lipinski definition) is 1. The summed E-state index contributed by atoms with van der Waals surface area (Å²) in [5.74, 6) is 1.28. The Balaban J connectivity index is 1.56. The lowest BCUT2D eigenvalue weighted by molar-refractivity contribution is 0.0944. The van der Waals surface area contributed by atoms with Gasteiger partial charge < -0.3 is 9.73 Å². The second-order valence-corrected chi connectivity index (χ2v) is 6.62. The third-order valence-electron chi connectivity index (χ3n) is 4.18. The molecule has 3 aromatic rings. The van der Waals surface area contributed by atoms with Gasteiger partial charge in [0.05, 0.1) is 0 Å². The third-order valence-corrected chi connectivity index (χ3v) is 4.41. The fraction of sp³-hybridized carbons (Fsp3) is 0.200. The number of oxazole rings is 1. The van der Waals surface area contributed by atoms with E-state index in [2.05, 4.69) is 10.3 Å². The lowest BCUT2D eigenvalue weighted by Gasteiger charge is -2.04. The van der Waals surface area contributed by atoms with Crippen molar-refractivity contribution < 1.29 is 9.21 Å². The van der Waals surface area contributed by atoms with Crippen LogP contribution in [-0.4, -0.2) is 10.9 Å². The number of nitrogens with one attached hydrogen (secondary N) is 1. The average molecular weight is 353 g/mol. The minimum Gasteiger partial charge on any atom is -0.440 e. The van der Waals surface area contributed by atoms with E-state index in [1.807, 2.05) is 54.6 Å². The summed E-state index contributed by atoms with van der Waals surface area (Å²) >= 11 is 5.98. The summed E-state index contributed by atoms with van der Waals surface area (Å²) in [4.78, 5) is 17.1. The maximum Gasteiger partial charge on any atom is 0.273 e. The van der Waals surface area contributed by atoms with Gasteiger partial charge in [-0.3, -0.25) is 4.79 Å². The number of benzene rings is 2. The Morgan fingerprint density at radius 1 is 1.16 bits per heavy atom. The van der Waals surface area contributed by atoms with Gasteiger partial charge in [-0.1, -0.05) is 41.9 Å². The van der Waals surface area contributed by atoms with E-state index in [9.17, 15) is 4.79 Å². The van der Waals surface area contributed by atoms with Crippen LogP contribution < -0.4 is 5.32 Å². The van der Waals surface area contributed by atoms with Crippen LogP contribution in [0.15, 0.2) is 59.0 Å². The zero-order valence-corrected chi connectivity index (χ0v) is 14.3. The van der Waals surface area contributed by atoms with Crippen molar-refractivity contribution in [1.82, 2.24) is 10.3 Å². The number of halogens is 1. The molecule has 1 aliphatic rings. The van der Waals surface area contributed by atoms with Crippen molar-refractivity contribution in [2.75, 3.05) is 0 Å². The molecule has 1 aliphatic carbocycles. The highest BCUT2D eigenvalue weighted by Gasteiger charge is 2.34. The number of aromatic nitrogens is 1. The molecule has 0 aliphatic heterocycles. The molecule has 1 saturated carbocycles. The number of carbonyl (C=O) groups excluding carboxylic acids is 1. The van der Waals surface area contributed by atoms with Crippen molar-refractivity contribution in [3.8, 4) is 11.5 Å². The van der Waals surface area contributed by atoms with Crippen LogP contribution in [0.5, 0.6) is 0 Å². The monoisotopic (exact) mass is 352 g/mol. The summed E-state index contributed by atoms with van der Waals surface area (Å²) in [7, 11) is 0. The highest BCUT2D eigenvalue weighted by molar-refractivity contribution is 6.30. The molecule has 1 heterocycles. The number of carbonyl (C=O) groups is 1. The second-order valence-electron chi connectivity index (χ2n) is 6.18. The third kappa shape index (κ3) is 3.59. The molecule has 0 saturated heterocycles. The van der Waals surface area contributed by atoms with Crippen molar-refractivity contribution in [3.05, 3.63) is 76.6 Å². The topological polar surface area (TPSA) is 55.1 Å². The molecule has 1 fully saturated rings. The SMILES string of the molecule is O=C(NCc1cccc(Cl)c1)c1nc(-c2ccccc2)oc1C1CC1. The second kappa shape index (κ2) is 6.73. The van der Waals surface area contributed by atoms with Gasteiger partial charge in [-0.15, -0.1) is 0 Å². The van der Waals surface area contributed by atoms with Gasteiger partial charge in [-0.05, 0) is 42.7 Å². The molecule has 1 N–H and O–H groups in total. The molecule has 1 amide bonds. The number of rotatable bonds is 5. The highest BCUT2D eigenvalue weighted by atomic mass is 35.5. The maximum atomic E-state index is 12.6. The van der Waals surface area contributed by atoms with Crippen LogP contribution in [0.25, 0.3) is 11.5 Å². The van der Waals surface area contributed by atoms with Crippen molar-refractivity contribution in [3.63, 3.8) is 0 Å². The Kier molecular flexibility index (Phi) is 4.28. The molecular weight excluding hydrogens is 336 g/mol. The van der Waals surface area contributed by atoms with Crippen LogP contribution in [0, 0.1) is 0 Å². The van der Waals surface area contributed by atoms with Crippen LogP contribution in [-0.2, 0) is 6.54 Å². The van der Waals surface area contributed by atoms with E-state index in [1.165, 1.54) is 0 Å². The first-order valence-electron chi connectivity index (χ1n) is 8.29. The van der Waals surface area contributed by atoms with Gasteiger partial charge in [0.2, 0.25) is 5.89 Å². The van der Waals surface area contributed by atoms with E-state index in [-0.39, 0.29) is 5.91 Å². The standard InChI is InChI=1S/C20H17ClN2O2/c21-16-8-4-5-13(11-16)12-22-19(24)17-18(14-9-10-14)25-20(23-17)15-6-2-1-3-7-15/h1-8,11,14H,9-10,12H2,(H,22,24). The van der Waals surface area contributed by atoms with Crippen LogP contribution in [0.4, 0.5) is 0 Å². The Hall–Kier alpha value is -2.59. The van der Waals surface area contributed by atoms with Crippen molar-refractivity contribution in [1.29, 1.82) is 0 Å². The van der Waals surface area contributed by atoms with Crippen molar-refractivity contribution in [2.45, 2.75) is 25.3 Å². The number of nitrogens with zero attached hydrogens (tertiary/aromatic N) is 1. The zero-order valence-electron chi connectivity index (χ0n) is 13.5. The quantitative estimate of drug-likeness (QED) is 0.717. The van der Waals surface area contributed by atoms with E-state index >= 15 is 0 Å². The first-order chi connectivity index (χ1) is 12.2. The summed E-state index contributed by atoms with van der Waals surface area (Å²) < 4.78 is 5.92. The highest BCUT2D eigenvalue weighted by Crippen LogP contribution is 2.43. The van der Waals surface area contributed by atoms with Gasteiger partial charge in [0.1, 0.15) is 5.76 Å². The van der Waals surface area contributed by atoms with Crippen molar-refractivity contribution >= 4 is 17.5 Å². The van der Waals surface area contributed by atoms with Gasteiger partial charge in [-0.25, -0.2) is 4.98 Å². The Labute approximate surface area is 150 Å². The van der Waals surface area contributed by atoms with Crippen molar-refractivity contribution in [2.24, 2.45) is 0 Å². The Bertz CT molecular complexity index is 901. The normalized spacial score (nSPS) is 13.6. The molecule has 0 bridgehead atoms. The molecule has 0 unspecified atom stereocenters. The lowest BCUT2D eigenvalue weighted by atomic mass is 10.2. The number of hydrogen-bond acceptors (Lipinski definition) is 3. The van der Waals surface area contributed by atoms with Gasteiger partial charge in [-0.2, -0.15) is 0 Å². The molecule has 5 heteroatoms. The molecule has 2 aromatic carbocycles. The number of amides is 1. The summed E-state index contributed by atoms with van der Waals surface area (Å²) in [5.41, 5.74) is 2.21. The molecule has 4 nitrogen and oxygen atoms in total. The predicted molar refractivity (Wildman–Crippen MR) is 96.5 cm³/mol. The van der Waals surface area contributed by atoms with Gasteiger partial charge in [0.25, 0.3) is 5.91 Å². The van der Waals surface area contributed by atoms with E-state index in [1.54, 1.807) is 0 Å². The largest absolute Gasteiger partial charge is 0.440 e. The average Bonchev–Trinajstić information content (AvgIpc) is 3.39. The molecule has 0 atom stereocenters. The van der Waals surface area contributed by atoms with Gasteiger partial charge >= 0.3 is 0 Å². The molecule has 0 radical (unpaired) electrons. The van der Waals surface area contributed by atoms with E-state index in [0.29, 0.717) is 34.8 Å². The summed E-state index contributed by atoms with van der Waals surface area (Å²) in [5, 5.41) is 3.56. The van der Waals surface area contributed by atoms with Gasteiger partial charge in [0, 0.05) is 23.0 Å². The van der Waals surface area contributed by atoms with Crippen LogP contribution in [0.3, 0.4) is 0 Å². The summed E-state index contributed by atoms with van der Waals surface area (Å²) in [6.07, 6.45) is 2.08. The molecule has 0 spiro atoms. The minimum atomic E-state index is -0.215. The zero-order chi connectivity index (χ0) is 17.2. The van der Waals surface area contributed by atoms with Crippen LogP contribution in [0.1, 0.15) is 40.6 Å². The molecule has 25 heavy (non-hydrogen) atoms. The molecule has 126 valence electrons. The summed E-state index contributed by atoms with van der Waals surface area (Å²) in [6.45, 7) is 0.400. The smallest absolute Gasteiger partial charge is 0.273 e. The Morgan fingerprint density at radius 2 is 1.96 bits per heavy atom. The summed E-state index contributed by atoms with van der Waals surface area (Å²) in [6, 6.07) is 17.1. The molecule has 4 rings (SSSR count). The Morgan fingerprint density at radius 3 is 2.68 bits per heavy atom. The fourth-order valence-corrected chi connectivity index (χ4v) is 2.95. The molecular formula is C20H17ClN2O2. The minimum absolute atomic E-state index is 0.215. The lowest BCUT2D eigenvalue weighted by Crippen LogP contribution is -2.24. The van der Waals surface area contributed by atoms with Crippen LogP contribution >= 0.6 is 11.6 Å². The van der Waals surface area contributed by atoms with E-state index in [0.717, 1.165) is 24.0 Å². The maximum absolute atomic E-state index is 12.6. The fourth-order valence-electron chi connectivity index (χ4n) is 2.73. The first kappa shape index (κ1) is 15.9. The molecule has 1 aromatic heterocycles. The van der Waals surface area contributed by atoms with E-state index in [4.69, 9.17) is 16.0 Å². The predicted octanol–water partition coefficient (Wildman–Crippen LogP) is 4.80.